The third-order valence-corrected chi connectivity index (χ3v) is 5.71. The SMILES string of the molecule is O=C(Cc1cc(Cl)cc(Cl)c1)N1CCCC(C2=Nc3nc(Cl)ccc3C2)C1. The van der Waals surface area contributed by atoms with Gasteiger partial charge in [0.25, 0.3) is 0 Å². The minimum atomic E-state index is 0.0929. The lowest BCUT2D eigenvalue weighted by Gasteiger charge is -2.33. The number of rotatable bonds is 3. The highest BCUT2D eigenvalue weighted by Gasteiger charge is 2.30. The highest BCUT2D eigenvalue weighted by atomic mass is 35.5. The number of piperidine rings is 1. The van der Waals surface area contributed by atoms with Crippen LogP contribution in [0.15, 0.2) is 35.3 Å². The van der Waals surface area contributed by atoms with E-state index in [4.69, 9.17) is 34.8 Å². The summed E-state index contributed by atoms with van der Waals surface area (Å²) in [5, 5.41) is 1.55. The molecule has 1 amide bonds. The molecule has 3 heterocycles. The molecule has 0 bridgehead atoms. The summed E-state index contributed by atoms with van der Waals surface area (Å²) in [6.07, 6.45) is 3.09. The molecule has 2 aliphatic rings. The number of amides is 1. The zero-order chi connectivity index (χ0) is 19.0. The Bertz CT molecular complexity index is 908. The Morgan fingerprint density at radius 1 is 1.15 bits per heavy atom. The Kier molecular flexibility index (Phi) is 5.40. The van der Waals surface area contributed by atoms with Crippen molar-refractivity contribution in [2.24, 2.45) is 10.9 Å². The Labute approximate surface area is 173 Å². The number of fused-ring (bicyclic) bond motifs is 1. The van der Waals surface area contributed by atoms with Gasteiger partial charge in [0.1, 0.15) is 5.15 Å². The van der Waals surface area contributed by atoms with E-state index in [0.29, 0.717) is 28.2 Å². The van der Waals surface area contributed by atoms with Gasteiger partial charge in [0, 0.05) is 46.7 Å². The first-order valence-electron chi connectivity index (χ1n) is 8.93. The van der Waals surface area contributed by atoms with Crippen molar-refractivity contribution in [3.63, 3.8) is 0 Å². The number of nitrogens with zero attached hydrogens (tertiary/aromatic N) is 3. The molecule has 2 aliphatic heterocycles. The second-order valence-electron chi connectivity index (χ2n) is 7.03. The van der Waals surface area contributed by atoms with Crippen LogP contribution >= 0.6 is 34.8 Å². The molecule has 1 saturated heterocycles. The molecule has 1 aromatic carbocycles. The maximum absolute atomic E-state index is 12.8. The zero-order valence-corrected chi connectivity index (χ0v) is 16.9. The topological polar surface area (TPSA) is 45.6 Å². The van der Waals surface area contributed by atoms with Crippen LogP contribution in [-0.4, -0.2) is 34.6 Å². The maximum Gasteiger partial charge on any atom is 0.227 e. The number of halogens is 3. The van der Waals surface area contributed by atoms with E-state index in [1.165, 1.54) is 0 Å². The van der Waals surface area contributed by atoms with Gasteiger partial charge < -0.3 is 4.90 Å². The number of likely N-dealkylation sites (tertiary alicyclic amines) is 1. The van der Waals surface area contributed by atoms with Gasteiger partial charge >= 0.3 is 0 Å². The van der Waals surface area contributed by atoms with Crippen LogP contribution in [0.5, 0.6) is 0 Å². The van der Waals surface area contributed by atoms with E-state index < -0.39 is 0 Å². The molecule has 1 aromatic heterocycles. The van der Waals surface area contributed by atoms with Crippen molar-refractivity contribution < 1.29 is 4.79 Å². The van der Waals surface area contributed by atoms with E-state index in [9.17, 15) is 4.79 Å². The first-order chi connectivity index (χ1) is 13.0. The Morgan fingerprint density at radius 2 is 1.93 bits per heavy atom. The second-order valence-corrected chi connectivity index (χ2v) is 8.29. The summed E-state index contributed by atoms with van der Waals surface area (Å²) in [5.74, 6) is 1.07. The summed E-state index contributed by atoms with van der Waals surface area (Å²) in [5.41, 5.74) is 3.04. The van der Waals surface area contributed by atoms with E-state index in [1.54, 1.807) is 24.3 Å². The molecule has 1 fully saturated rings. The van der Waals surface area contributed by atoms with Gasteiger partial charge in [-0.1, -0.05) is 40.9 Å². The predicted octanol–water partition coefficient (Wildman–Crippen LogP) is 5.15. The first kappa shape index (κ1) is 18.7. The minimum Gasteiger partial charge on any atom is -0.342 e. The van der Waals surface area contributed by atoms with Gasteiger partial charge in [-0.05, 0) is 42.7 Å². The lowest BCUT2D eigenvalue weighted by atomic mass is 9.90. The van der Waals surface area contributed by atoms with Crippen molar-refractivity contribution in [2.75, 3.05) is 13.1 Å². The molecule has 4 rings (SSSR count). The van der Waals surface area contributed by atoms with Crippen LogP contribution in [0, 0.1) is 5.92 Å². The van der Waals surface area contributed by atoms with Gasteiger partial charge in [-0.3, -0.25) is 4.79 Å². The zero-order valence-electron chi connectivity index (χ0n) is 14.6. The van der Waals surface area contributed by atoms with Crippen molar-refractivity contribution in [1.29, 1.82) is 0 Å². The summed E-state index contributed by atoms with van der Waals surface area (Å²) in [6, 6.07) is 9.03. The van der Waals surface area contributed by atoms with Crippen molar-refractivity contribution in [1.82, 2.24) is 9.88 Å². The van der Waals surface area contributed by atoms with Crippen LogP contribution in [0.4, 0.5) is 5.82 Å². The lowest BCUT2D eigenvalue weighted by Crippen LogP contribution is -2.43. The molecule has 0 saturated carbocycles. The summed E-state index contributed by atoms with van der Waals surface area (Å²) in [7, 11) is 0. The molecule has 2 aromatic rings. The fourth-order valence-corrected chi connectivity index (χ4v) is 4.48. The number of carbonyl (C=O) groups excluding carboxylic acids is 1. The summed E-state index contributed by atoms with van der Waals surface area (Å²) >= 11 is 18.1. The molecule has 0 aliphatic carbocycles. The van der Waals surface area contributed by atoms with Crippen LogP contribution in [0.3, 0.4) is 0 Å². The molecular weight excluding hydrogens is 405 g/mol. The second kappa shape index (κ2) is 7.78. The minimum absolute atomic E-state index is 0.0929. The van der Waals surface area contributed by atoms with Crippen molar-refractivity contribution in [3.8, 4) is 0 Å². The average molecular weight is 423 g/mol. The van der Waals surface area contributed by atoms with Crippen LogP contribution in [-0.2, 0) is 17.6 Å². The van der Waals surface area contributed by atoms with Gasteiger partial charge in [0.05, 0.1) is 6.42 Å². The van der Waals surface area contributed by atoms with Gasteiger partial charge in [0.15, 0.2) is 5.82 Å². The van der Waals surface area contributed by atoms with Crippen molar-refractivity contribution >= 4 is 52.2 Å². The number of aliphatic imine (C=N–C) groups is 1. The van der Waals surface area contributed by atoms with E-state index >= 15 is 0 Å². The fourth-order valence-electron chi connectivity index (χ4n) is 3.77. The smallest absolute Gasteiger partial charge is 0.227 e. The highest BCUT2D eigenvalue weighted by Crippen LogP contribution is 2.31. The Morgan fingerprint density at radius 3 is 2.70 bits per heavy atom. The maximum atomic E-state index is 12.8. The number of carbonyl (C=O) groups is 1. The molecule has 7 heteroatoms. The molecule has 4 nitrogen and oxygen atoms in total. The summed E-state index contributed by atoms with van der Waals surface area (Å²) in [6.45, 7) is 1.46. The van der Waals surface area contributed by atoms with E-state index in [2.05, 4.69) is 9.98 Å². The molecule has 0 N–H and O–H groups in total. The fraction of sp³-hybridized carbons (Fsp3) is 0.350. The van der Waals surface area contributed by atoms with E-state index in [1.807, 2.05) is 11.0 Å². The first-order valence-corrected chi connectivity index (χ1v) is 10.1. The predicted molar refractivity (Wildman–Crippen MR) is 110 cm³/mol. The summed E-state index contributed by atoms with van der Waals surface area (Å²) in [4.78, 5) is 23.7. The standard InChI is InChI=1S/C20H18Cl3N3O/c21-15-6-12(7-16(22)10-15)8-19(27)26-5-1-2-14(11-26)17-9-13-3-4-18(23)25-20(13)24-17/h3-4,6-7,10,14H,1-2,5,8-9,11H2. The average Bonchev–Trinajstić information content (AvgIpc) is 3.04. The molecular formula is C20H18Cl3N3O. The number of aromatic nitrogens is 1. The van der Waals surface area contributed by atoms with Crippen LogP contribution in [0.2, 0.25) is 15.2 Å². The van der Waals surface area contributed by atoms with E-state index in [-0.39, 0.29) is 11.8 Å². The molecule has 1 atom stereocenters. The largest absolute Gasteiger partial charge is 0.342 e. The number of hydrogen-bond acceptors (Lipinski definition) is 3. The third-order valence-electron chi connectivity index (χ3n) is 5.07. The van der Waals surface area contributed by atoms with Gasteiger partial charge in [0.2, 0.25) is 5.91 Å². The number of benzene rings is 1. The number of pyridine rings is 1. The monoisotopic (exact) mass is 421 g/mol. The van der Waals surface area contributed by atoms with Crippen LogP contribution in [0.1, 0.15) is 24.0 Å². The summed E-state index contributed by atoms with van der Waals surface area (Å²) < 4.78 is 0. The third kappa shape index (κ3) is 4.29. The molecule has 1 unspecified atom stereocenters. The number of hydrogen-bond donors (Lipinski definition) is 0. The Balaban J connectivity index is 1.44. The molecule has 0 radical (unpaired) electrons. The van der Waals surface area contributed by atoms with Crippen LogP contribution < -0.4 is 0 Å². The normalized spacial score (nSPS) is 19.0. The van der Waals surface area contributed by atoms with Crippen molar-refractivity contribution in [3.05, 3.63) is 56.7 Å². The quantitative estimate of drug-likeness (QED) is 0.642. The Hall–Kier alpha value is -1.62. The van der Waals surface area contributed by atoms with Crippen molar-refractivity contribution in [2.45, 2.75) is 25.7 Å². The van der Waals surface area contributed by atoms with Crippen LogP contribution in [0.25, 0.3) is 0 Å². The molecule has 27 heavy (non-hydrogen) atoms. The molecule has 140 valence electrons. The van der Waals surface area contributed by atoms with Gasteiger partial charge in [-0.15, -0.1) is 0 Å². The lowest BCUT2D eigenvalue weighted by molar-refractivity contribution is -0.131. The highest BCUT2D eigenvalue weighted by molar-refractivity contribution is 6.34. The van der Waals surface area contributed by atoms with Gasteiger partial charge in [-0.2, -0.15) is 0 Å². The van der Waals surface area contributed by atoms with E-state index in [0.717, 1.165) is 48.5 Å². The molecule has 0 spiro atoms. The van der Waals surface area contributed by atoms with Gasteiger partial charge in [-0.25, -0.2) is 9.98 Å².